The molecule has 0 saturated carbocycles. The molecule has 2 heterocycles. The van der Waals surface area contributed by atoms with E-state index in [0.717, 1.165) is 35.9 Å². The van der Waals surface area contributed by atoms with Gasteiger partial charge < -0.3 is 14.4 Å². The maximum absolute atomic E-state index is 12.8. The Bertz CT molecular complexity index is 898. The van der Waals surface area contributed by atoms with E-state index in [9.17, 15) is 14.4 Å². The van der Waals surface area contributed by atoms with Gasteiger partial charge in [0.1, 0.15) is 13.2 Å². The molecule has 3 rings (SSSR count). The molecule has 0 spiro atoms. The van der Waals surface area contributed by atoms with Gasteiger partial charge in [0.25, 0.3) is 11.1 Å². The first kappa shape index (κ1) is 22.9. The third-order valence-electron chi connectivity index (χ3n) is 5.21. The molecule has 2 aliphatic rings. The molecule has 8 heteroatoms. The SMILES string of the molecule is C=CCOc1ccc(/C=C2\SC(=O)N(CC(=O)N3CCCC[C@H]3C)C2=O)cc1OCC. The Kier molecular flexibility index (Phi) is 7.79. The quantitative estimate of drug-likeness (QED) is 0.444. The van der Waals surface area contributed by atoms with E-state index in [-0.39, 0.29) is 23.4 Å². The first-order valence-corrected chi connectivity index (χ1v) is 11.3. The van der Waals surface area contributed by atoms with Crippen molar-refractivity contribution in [2.75, 3.05) is 26.3 Å². The molecule has 31 heavy (non-hydrogen) atoms. The van der Waals surface area contributed by atoms with Crippen LogP contribution >= 0.6 is 11.8 Å². The zero-order valence-corrected chi connectivity index (χ0v) is 18.8. The number of imide groups is 1. The highest BCUT2D eigenvalue weighted by Gasteiger charge is 2.38. The van der Waals surface area contributed by atoms with Crippen molar-refractivity contribution >= 4 is 34.9 Å². The molecule has 2 aliphatic heterocycles. The van der Waals surface area contributed by atoms with Crippen LogP contribution in [0.4, 0.5) is 4.79 Å². The van der Waals surface area contributed by atoms with Crippen molar-refractivity contribution in [2.24, 2.45) is 0 Å². The molecule has 3 amide bonds. The highest BCUT2D eigenvalue weighted by molar-refractivity contribution is 8.18. The molecule has 2 saturated heterocycles. The Morgan fingerprint density at radius 3 is 2.77 bits per heavy atom. The number of carbonyl (C=O) groups is 3. The summed E-state index contributed by atoms with van der Waals surface area (Å²) >= 11 is 0.846. The van der Waals surface area contributed by atoms with E-state index in [1.807, 2.05) is 13.8 Å². The molecule has 0 N–H and O–H groups in total. The summed E-state index contributed by atoms with van der Waals surface area (Å²) in [5.74, 6) is 0.496. The van der Waals surface area contributed by atoms with Gasteiger partial charge in [-0.2, -0.15) is 0 Å². The van der Waals surface area contributed by atoms with Crippen LogP contribution in [0.3, 0.4) is 0 Å². The number of likely N-dealkylation sites (tertiary alicyclic amines) is 1. The molecule has 0 aromatic heterocycles. The zero-order chi connectivity index (χ0) is 22.4. The minimum Gasteiger partial charge on any atom is -0.490 e. The molecular formula is C23H28N2O5S. The molecule has 1 aromatic rings. The van der Waals surface area contributed by atoms with Crippen LogP contribution in [0.15, 0.2) is 35.8 Å². The second-order valence-corrected chi connectivity index (χ2v) is 8.43. The van der Waals surface area contributed by atoms with E-state index in [1.54, 1.807) is 35.3 Å². The topological polar surface area (TPSA) is 76.2 Å². The largest absolute Gasteiger partial charge is 0.490 e. The molecule has 1 atom stereocenters. The van der Waals surface area contributed by atoms with Crippen molar-refractivity contribution in [1.82, 2.24) is 9.80 Å². The number of benzene rings is 1. The number of thioether (sulfide) groups is 1. The number of nitrogens with zero attached hydrogens (tertiary/aromatic N) is 2. The Hall–Kier alpha value is -2.74. The number of amides is 3. The maximum Gasteiger partial charge on any atom is 0.294 e. The third-order valence-corrected chi connectivity index (χ3v) is 6.12. The van der Waals surface area contributed by atoms with Crippen LogP contribution in [0.5, 0.6) is 11.5 Å². The smallest absolute Gasteiger partial charge is 0.294 e. The van der Waals surface area contributed by atoms with Crippen molar-refractivity contribution in [1.29, 1.82) is 0 Å². The predicted molar refractivity (Wildman–Crippen MR) is 121 cm³/mol. The number of hydrogen-bond donors (Lipinski definition) is 0. The number of rotatable bonds is 8. The molecule has 1 aromatic carbocycles. The van der Waals surface area contributed by atoms with Crippen molar-refractivity contribution in [3.8, 4) is 11.5 Å². The minimum absolute atomic E-state index is 0.135. The molecule has 0 radical (unpaired) electrons. The summed E-state index contributed by atoms with van der Waals surface area (Å²) in [5, 5.41) is -0.426. The fourth-order valence-electron chi connectivity index (χ4n) is 3.63. The van der Waals surface area contributed by atoms with E-state index >= 15 is 0 Å². The van der Waals surface area contributed by atoms with Gasteiger partial charge in [-0.05, 0) is 68.6 Å². The number of carbonyl (C=O) groups excluding carboxylic acids is 3. The Morgan fingerprint density at radius 1 is 1.26 bits per heavy atom. The highest BCUT2D eigenvalue weighted by Crippen LogP contribution is 2.35. The minimum atomic E-state index is -0.446. The molecule has 0 unspecified atom stereocenters. The second-order valence-electron chi connectivity index (χ2n) is 7.44. The van der Waals surface area contributed by atoms with Gasteiger partial charge in [0.05, 0.1) is 11.5 Å². The van der Waals surface area contributed by atoms with Crippen LogP contribution in [0.2, 0.25) is 0 Å². The highest BCUT2D eigenvalue weighted by atomic mass is 32.2. The monoisotopic (exact) mass is 444 g/mol. The van der Waals surface area contributed by atoms with Gasteiger partial charge in [-0.1, -0.05) is 18.7 Å². The molecule has 2 fully saturated rings. The summed E-state index contributed by atoms with van der Waals surface area (Å²) in [4.78, 5) is 41.0. The first-order valence-electron chi connectivity index (χ1n) is 10.5. The summed E-state index contributed by atoms with van der Waals surface area (Å²) < 4.78 is 11.2. The van der Waals surface area contributed by atoms with Gasteiger partial charge in [0.15, 0.2) is 11.5 Å². The van der Waals surface area contributed by atoms with Crippen molar-refractivity contribution in [3.63, 3.8) is 0 Å². The second kappa shape index (κ2) is 10.5. The van der Waals surface area contributed by atoms with Crippen LogP contribution in [-0.2, 0) is 9.59 Å². The lowest BCUT2D eigenvalue weighted by Crippen LogP contribution is -2.47. The average Bonchev–Trinajstić information content (AvgIpc) is 3.01. The third kappa shape index (κ3) is 5.50. The van der Waals surface area contributed by atoms with Crippen molar-refractivity contribution in [3.05, 3.63) is 41.3 Å². The lowest BCUT2D eigenvalue weighted by atomic mass is 10.0. The van der Waals surface area contributed by atoms with E-state index < -0.39 is 11.1 Å². The molecular weight excluding hydrogens is 416 g/mol. The van der Waals surface area contributed by atoms with Gasteiger partial charge >= 0.3 is 0 Å². The summed E-state index contributed by atoms with van der Waals surface area (Å²) in [7, 11) is 0. The van der Waals surface area contributed by atoms with Crippen LogP contribution in [0.1, 0.15) is 38.7 Å². The summed E-state index contributed by atoms with van der Waals surface area (Å²) in [6.45, 7) is 8.77. The van der Waals surface area contributed by atoms with Gasteiger partial charge in [-0.25, -0.2) is 0 Å². The number of piperidine rings is 1. The lowest BCUT2D eigenvalue weighted by Gasteiger charge is -2.34. The van der Waals surface area contributed by atoms with Gasteiger partial charge in [0, 0.05) is 12.6 Å². The summed E-state index contributed by atoms with van der Waals surface area (Å²) in [6.07, 6.45) is 6.27. The molecule has 0 aliphatic carbocycles. The van der Waals surface area contributed by atoms with E-state index in [4.69, 9.17) is 9.47 Å². The number of ether oxygens (including phenoxy) is 2. The first-order chi connectivity index (χ1) is 14.9. The van der Waals surface area contributed by atoms with Gasteiger partial charge in [0.2, 0.25) is 5.91 Å². The van der Waals surface area contributed by atoms with Gasteiger partial charge in [-0.3, -0.25) is 19.3 Å². The fourth-order valence-corrected chi connectivity index (χ4v) is 4.47. The van der Waals surface area contributed by atoms with Crippen LogP contribution in [-0.4, -0.2) is 59.2 Å². The van der Waals surface area contributed by atoms with E-state index in [1.165, 1.54) is 0 Å². The van der Waals surface area contributed by atoms with E-state index in [0.29, 0.717) is 36.8 Å². The van der Waals surface area contributed by atoms with Crippen LogP contribution < -0.4 is 9.47 Å². The Labute approximate surface area is 187 Å². The summed E-state index contributed by atoms with van der Waals surface area (Å²) in [5.41, 5.74) is 0.705. The lowest BCUT2D eigenvalue weighted by molar-refractivity contribution is -0.138. The normalized spacial score (nSPS) is 20.3. The fraction of sp³-hybridized carbons (Fsp3) is 0.435. The number of hydrogen-bond acceptors (Lipinski definition) is 6. The Balaban J connectivity index is 1.74. The van der Waals surface area contributed by atoms with Gasteiger partial charge in [-0.15, -0.1) is 0 Å². The summed E-state index contributed by atoms with van der Waals surface area (Å²) in [6, 6.07) is 5.44. The predicted octanol–water partition coefficient (Wildman–Crippen LogP) is 4.09. The van der Waals surface area contributed by atoms with E-state index in [2.05, 4.69) is 6.58 Å². The average molecular weight is 445 g/mol. The molecule has 166 valence electrons. The van der Waals surface area contributed by atoms with Crippen LogP contribution in [0.25, 0.3) is 6.08 Å². The standard InChI is InChI=1S/C23H28N2O5S/c1-4-12-30-18-10-9-17(13-19(18)29-5-2)14-20-22(27)25(23(28)31-20)15-21(26)24-11-7-6-8-16(24)3/h4,9-10,13-14,16H,1,5-8,11-12,15H2,2-3H3/b20-14-/t16-/m1/s1. The maximum atomic E-state index is 12.8. The molecule has 7 nitrogen and oxygen atoms in total. The molecule has 0 bridgehead atoms. The zero-order valence-electron chi connectivity index (χ0n) is 18.0. The van der Waals surface area contributed by atoms with Crippen LogP contribution in [0, 0.1) is 0 Å². The van der Waals surface area contributed by atoms with Crippen molar-refractivity contribution < 1.29 is 23.9 Å². The Morgan fingerprint density at radius 2 is 2.06 bits per heavy atom. The van der Waals surface area contributed by atoms with Crippen molar-refractivity contribution in [2.45, 2.75) is 39.2 Å².